The van der Waals surface area contributed by atoms with Crippen LogP contribution in [0.15, 0.2) is 77.5 Å². The number of aromatic nitrogens is 3. The van der Waals surface area contributed by atoms with Gasteiger partial charge in [0.05, 0.1) is 28.0 Å². The molecule has 0 aliphatic rings. The Morgan fingerprint density at radius 1 is 1.00 bits per heavy atom. The predicted molar refractivity (Wildman–Crippen MR) is 126 cm³/mol. The Morgan fingerprint density at radius 2 is 1.81 bits per heavy atom. The van der Waals surface area contributed by atoms with Crippen molar-refractivity contribution >= 4 is 39.6 Å². The molecule has 0 spiro atoms. The van der Waals surface area contributed by atoms with Gasteiger partial charge in [-0.05, 0) is 29.1 Å². The molecular formula is C24H20N4OS2. The topological polar surface area (TPSA) is 59.8 Å². The zero-order chi connectivity index (χ0) is 21.2. The van der Waals surface area contributed by atoms with Crippen LogP contribution in [-0.2, 0) is 18.3 Å². The van der Waals surface area contributed by atoms with Crippen molar-refractivity contribution in [3.63, 3.8) is 0 Å². The van der Waals surface area contributed by atoms with E-state index in [0.29, 0.717) is 0 Å². The molecular weight excluding hydrogens is 424 g/mol. The van der Waals surface area contributed by atoms with Crippen molar-refractivity contribution < 1.29 is 4.79 Å². The van der Waals surface area contributed by atoms with Crippen molar-refractivity contribution in [2.75, 3.05) is 0 Å². The van der Waals surface area contributed by atoms with Gasteiger partial charge in [0.1, 0.15) is 16.9 Å². The first-order chi connectivity index (χ1) is 15.2. The van der Waals surface area contributed by atoms with Crippen molar-refractivity contribution in [3.05, 3.63) is 94.6 Å². The van der Waals surface area contributed by atoms with Gasteiger partial charge in [0, 0.05) is 12.4 Å². The van der Waals surface area contributed by atoms with Gasteiger partial charge in [0.2, 0.25) is 5.91 Å². The molecule has 31 heavy (non-hydrogen) atoms. The van der Waals surface area contributed by atoms with E-state index in [4.69, 9.17) is 4.98 Å². The molecule has 5 nitrogen and oxygen atoms in total. The summed E-state index contributed by atoms with van der Waals surface area (Å²) in [6, 6.07) is 21.7. The maximum atomic E-state index is 13.0. The average molecular weight is 445 g/mol. The molecule has 3 aromatic heterocycles. The zero-order valence-corrected chi connectivity index (χ0v) is 18.5. The number of para-hydroxylation sites is 2. The number of thiophene rings is 1. The minimum atomic E-state index is -0.346. The third-order valence-corrected chi connectivity index (χ3v) is 7.07. The molecule has 1 N–H and O–H groups in total. The van der Waals surface area contributed by atoms with Crippen LogP contribution in [0.1, 0.15) is 23.1 Å². The smallest absolute Gasteiger partial charge is 0.226 e. The molecule has 0 bridgehead atoms. The summed E-state index contributed by atoms with van der Waals surface area (Å²) in [6.45, 7) is 0. The first kappa shape index (κ1) is 19.7. The first-order valence-electron chi connectivity index (χ1n) is 9.93. The van der Waals surface area contributed by atoms with Crippen LogP contribution in [0.25, 0.3) is 20.9 Å². The van der Waals surface area contributed by atoms with Crippen LogP contribution in [-0.4, -0.2) is 20.4 Å². The number of benzene rings is 2. The highest BCUT2D eigenvalue weighted by molar-refractivity contribution is 7.20. The molecule has 0 saturated heterocycles. The van der Waals surface area contributed by atoms with Crippen molar-refractivity contribution in [1.82, 2.24) is 19.9 Å². The van der Waals surface area contributed by atoms with Crippen molar-refractivity contribution in [2.45, 2.75) is 12.5 Å². The molecule has 0 saturated carbocycles. The Kier molecular flexibility index (Phi) is 5.36. The number of imidazole rings is 1. The highest BCUT2D eigenvalue weighted by atomic mass is 32.1. The van der Waals surface area contributed by atoms with Gasteiger partial charge < -0.3 is 9.88 Å². The Labute approximate surface area is 188 Å². The van der Waals surface area contributed by atoms with Crippen LogP contribution in [0, 0.1) is 0 Å². The molecule has 5 rings (SSSR count). The molecule has 3 heterocycles. The number of fused-ring (bicyclic) bond motifs is 1. The van der Waals surface area contributed by atoms with Crippen LogP contribution >= 0.6 is 22.7 Å². The second-order valence-corrected chi connectivity index (χ2v) is 9.03. The lowest BCUT2D eigenvalue weighted by Crippen LogP contribution is -2.32. The molecule has 0 aliphatic carbocycles. The minimum Gasteiger partial charge on any atom is -0.342 e. The van der Waals surface area contributed by atoms with Gasteiger partial charge in [-0.1, -0.05) is 48.5 Å². The molecule has 0 aliphatic heterocycles. The summed E-state index contributed by atoms with van der Waals surface area (Å²) in [5.74, 6) is 0.724. The highest BCUT2D eigenvalue weighted by Gasteiger charge is 2.23. The van der Waals surface area contributed by atoms with Crippen LogP contribution in [0.4, 0.5) is 0 Å². The van der Waals surface area contributed by atoms with Crippen LogP contribution < -0.4 is 5.32 Å². The maximum absolute atomic E-state index is 13.0. The maximum Gasteiger partial charge on any atom is 0.226 e. The standard InChI is InChI=1S/C24H20N4OS2/c1-28-19-11-6-5-10-18(19)26-23(28)22(16-8-3-2-4-9-16)27-21(29)14-17-15-31-24(25-17)20-12-7-13-30-20/h2-13,15,22H,14H2,1H3,(H,27,29). The van der Waals surface area contributed by atoms with Gasteiger partial charge in [0.15, 0.2) is 0 Å². The summed E-state index contributed by atoms with van der Waals surface area (Å²) in [4.78, 5) is 23.6. The molecule has 1 atom stereocenters. The van der Waals surface area contributed by atoms with Gasteiger partial charge in [-0.3, -0.25) is 4.79 Å². The van der Waals surface area contributed by atoms with Crippen LogP contribution in [0.3, 0.4) is 0 Å². The summed E-state index contributed by atoms with van der Waals surface area (Å²) in [5, 5.41) is 8.13. The van der Waals surface area contributed by atoms with Crippen LogP contribution in [0.2, 0.25) is 0 Å². The van der Waals surface area contributed by atoms with Crippen molar-refractivity contribution in [1.29, 1.82) is 0 Å². The number of nitrogens with zero attached hydrogens (tertiary/aromatic N) is 3. The Bertz CT molecular complexity index is 1320. The van der Waals surface area contributed by atoms with Crippen molar-refractivity contribution in [3.8, 4) is 9.88 Å². The number of rotatable bonds is 6. The van der Waals surface area contributed by atoms with Gasteiger partial charge in [-0.15, -0.1) is 22.7 Å². The van der Waals surface area contributed by atoms with E-state index < -0.39 is 0 Å². The largest absolute Gasteiger partial charge is 0.342 e. The third kappa shape index (κ3) is 4.02. The summed E-state index contributed by atoms with van der Waals surface area (Å²) in [7, 11) is 1.99. The number of carbonyl (C=O) groups excluding carboxylic acids is 1. The molecule has 5 aromatic rings. The van der Waals surface area contributed by atoms with E-state index in [1.54, 1.807) is 22.7 Å². The van der Waals surface area contributed by atoms with Crippen LogP contribution in [0.5, 0.6) is 0 Å². The molecule has 7 heteroatoms. The fourth-order valence-corrected chi connectivity index (χ4v) is 5.28. The molecule has 1 amide bonds. The predicted octanol–water partition coefficient (Wildman–Crippen LogP) is 5.21. The van der Waals surface area contributed by atoms with E-state index >= 15 is 0 Å². The Hall–Kier alpha value is -3.29. The Morgan fingerprint density at radius 3 is 2.58 bits per heavy atom. The summed E-state index contributed by atoms with van der Waals surface area (Å²) in [6.07, 6.45) is 0.231. The zero-order valence-electron chi connectivity index (χ0n) is 16.9. The second kappa shape index (κ2) is 8.45. The summed E-state index contributed by atoms with van der Waals surface area (Å²) in [5.41, 5.74) is 3.72. The molecule has 2 aromatic carbocycles. The lowest BCUT2D eigenvalue weighted by molar-refractivity contribution is -0.121. The van der Waals surface area contributed by atoms with E-state index in [2.05, 4.69) is 10.3 Å². The second-order valence-electron chi connectivity index (χ2n) is 7.23. The summed E-state index contributed by atoms with van der Waals surface area (Å²) >= 11 is 3.22. The molecule has 154 valence electrons. The van der Waals surface area contributed by atoms with Crippen molar-refractivity contribution in [2.24, 2.45) is 7.05 Å². The number of amides is 1. The van der Waals surface area contributed by atoms with E-state index in [0.717, 1.165) is 38.0 Å². The monoisotopic (exact) mass is 444 g/mol. The quantitative estimate of drug-likeness (QED) is 0.391. The molecule has 0 radical (unpaired) electrons. The number of nitrogens with one attached hydrogen (secondary N) is 1. The number of carbonyl (C=O) groups is 1. The Balaban J connectivity index is 1.42. The van der Waals surface area contributed by atoms with Gasteiger partial charge in [0.25, 0.3) is 0 Å². The number of hydrogen-bond acceptors (Lipinski definition) is 5. The lowest BCUT2D eigenvalue weighted by atomic mass is 10.1. The minimum absolute atomic E-state index is 0.0797. The molecule has 1 unspecified atom stereocenters. The van der Waals surface area contributed by atoms with E-state index in [1.807, 2.05) is 89.1 Å². The first-order valence-corrected chi connectivity index (χ1v) is 11.7. The van der Waals surface area contributed by atoms with Gasteiger partial charge >= 0.3 is 0 Å². The fourth-order valence-electron chi connectivity index (χ4n) is 3.64. The number of thiazole rings is 1. The van der Waals surface area contributed by atoms with Gasteiger partial charge in [-0.2, -0.15) is 0 Å². The average Bonchev–Trinajstić information content (AvgIpc) is 3.54. The number of aryl methyl sites for hydroxylation is 1. The third-order valence-electron chi connectivity index (χ3n) is 5.14. The lowest BCUT2D eigenvalue weighted by Gasteiger charge is -2.19. The van der Waals surface area contributed by atoms with E-state index in [9.17, 15) is 4.79 Å². The fraction of sp³-hybridized carbons (Fsp3) is 0.125. The van der Waals surface area contributed by atoms with Gasteiger partial charge in [-0.25, -0.2) is 9.97 Å². The molecule has 0 fully saturated rings. The van der Waals surface area contributed by atoms with E-state index in [-0.39, 0.29) is 18.4 Å². The SMILES string of the molecule is Cn1c(C(NC(=O)Cc2csc(-c3cccs3)n2)c2ccccc2)nc2ccccc21. The summed E-state index contributed by atoms with van der Waals surface area (Å²) < 4.78 is 2.05. The highest BCUT2D eigenvalue weighted by Crippen LogP contribution is 2.28. The number of hydrogen-bond donors (Lipinski definition) is 1. The normalized spacial score (nSPS) is 12.2. The van der Waals surface area contributed by atoms with E-state index in [1.165, 1.54) is 0 Å².